The Morgan fingerprint density at radius 3 is 2.56 bits per heavy atom. The normalized spacial score (nSPS) is 15.3. The zero-order chi connectivity index (χ0) is 19.1. The Bertz CT molecular complexity index is 735. The number of halogens is 1. The van der Waals surface area contributed by atoms with Crippen LogP contribution in [0.4, 0.5) is 10.1 Å². The highest BCUT2D eigenvalue weighted by Crippen LogP contribution is 2.17. The summed E-state index contributed by atoms with van der Waals surface area (Å²) in [4.78, 5) is 13.5. The van der Waals surface area contributed by atoms with Gasteiger partial charge in [0, 0.05) is 56.5 Å². The second kappa shape index (κ2) is 9.69. The quantitative estimate of drug-likeness (QED) is 0.468. The van der Waals surface area contributed by atoms with Gasteiger partial charge in [0.25, 0.3) is 0 Å². The fourth-order valence-corrected chi connectivity index (χ4v) is 4.10. The standard InChI is InChI=1S/C20H28FN5S/c1-16-15-27-19(24-16)5-3-4-10-23-20(22-2)26-13-11-25(12-14-26)18-8-6-17(21)7-9-18/h6-9,15H,3-5,10-14H2,1-2H3,(H,22,23). The molecule has 1 aromatic heterocycles. The van der Waals surface area contributed by atoms with Crippen molar-refractivity contribution in [1.29, 1.82) is 0 Å². The lowest BCUT2D eigenvalue weighted by Crippen LogP contribution is -2.52. The van der Waals surface area contributed by atoms with Crippen LogP contribution in [0.1, 0.15) is 23.5 Å². The van der Waals surface area contributed by atoms with E-state index in [1.165, 1.54) is 17.1 Å². The number of guanidine groups is 1. The molecule has 0 atom stereocenters. The van der Waals surface area contributed by atoms with Crippen LogP contribution in [0.5, 0.6) is 0 Å². The number of hydrogen-bond acceptors (Lipinski definition) is 4. The largest absolute Gasteiger partial charge is 0.368 e. The van der Waals surface area contributed by atoms with Gasteiger partial charge < -0.3 is 15.1 Å². The van der Waals surface area contributed by atoms with E-state index in [4.69, 9.17) is 0 Å². The van der Waals surface area contributed by atoms with Gasteiger partial charge in [0.2, 0.25) is 0 Å². The van der Waals surface area contributed by atoms with E-state index in [-0.39, 0.29) is 5.82 Å². The third-order valence-electron chi connectivity index (χ3n) is 4.75. The Hall–Kier alpha value is -2.15. The second-order valence-corrected chi connectivity index (χ2v) is 7.71. The van der Waals surface area contributed by atoms with E-state index in [9.17, 15) is 4.39 Å². The number of anilines is 1. The second-order valence-electron chi connectivity index (χ2n) is 6.76. The predicted molar refractivity (Wildman–Crippen MR) is 111 cm³/mol. The Labute approximate surface area is 164 Å². The molecule has 0 unspecified atom stereocenters. The molecule has 0 amide bonds. The van der Waals surface area contributed by atoms with E-state index in [1.807, 2.05) is 26.1 Å². The first-order valence-electron chi connectivity index (χ1n) is 9.53. The minimum absolute atomic E-state index is 0.188. The zero-order valence-electron chi connectivity index (χ0n) is 16.1. The number of rotatable bonds is 6. The highest BCUT2D eigenvalue weighted by Gasteiger charge is 2.19. The lowest BCUT2D eigenvalue weighted by atomic mass is 10.2. The van der Waals surface area contributed by atoms with Gasteiger partial charge in [-0.2, -0.15) is 0 Å². The van der Waals surface area contributed by atoms with Gasteiger partial charge in [0.05, 0.1) is 5.01 Å². The molecule has 7 heteroatoms. The van der Waals surface area contributed by atoms with Crippen molar-refractivity contribution in [3.8, 4) is 0 Å². The van der Waals surface area contributed by atoms with Gasteiger partial charge >= 0.3 is 0 Å². The van der Waals surface area contributed by atoms with Crippen LogP contribution in [0.2, 0.25) is 0 Å². The summed E-state index contributed by atoms with van der Waals surface area (Å²) in [5, 5.41) is 6.83. The predicted octanol–water partition coefficient (Wildman–Crippen LogP) is 3.31. The number of benzene rings is 1. The molecule has 0 saturated carbocycles. The van der Waals surface area contributed by atoms with E-state index in [2.05, 4.69) is 30.5 Å². The van der Waals surface area contributed by atoms with Gasteiger partial charge in [0.1, 0.15) is 5.82 Å². The first-order chi connectivity index (χ1) is 13.2. The number of nitrogens with zero attached hydrogens (tertiary/aromatic N) is 4. The van der Waals surface area contributed by atoms with Crippen LogP contribution in [0.15, 0.2) is 34.6 Å². The smallest absolute Gasteiger partial charge is 0.193 e. The zero-order valence-corrected chi connectivity index (χ0v) is 16.9. The van der Waals surface area contributed by atoms with Crippen LogP contribution in [0, 0.1) is 12.7 Å². The number of piperazine rings is 1. The SMILES string of the molecule is CN=C(NCCCCc1nc(C)cs1)N1CCN(c2ccc(F)cc2)CC1. The maximum atomic E-state index is 13.1. The van der Waals surface area contributed by atoms with Gasteiger partial charge in [-0.1, -0.05) is 0 Å². The molecular weight excluding hydrogens is 361 g/mol. The summed E-state index contributed by atoms with van der Waals surface area (Å²) in [5.41, 5.74) is 2.20. The number of hydrogen-bond donors (Lipinski definition) is 1. The van der Waals surface area contributed by atoms with Gasteiger partial charge in [-0.05, 0) is 50.5 Å². The van der Waals surface area contributed by atoms with E-state index in [1.54, 1.807) is 11.3 Å². The lowest BCUT2D eigenvalue weighted by Gasteiger charge is -2.37. The Balaban J connectivity index is 1.37. The molecule has 5 nitrogen and oxygen atoms in total. The third-order valence-corrected chi connectivity index (χ3v) is 5.78. The summed E-state index contributed by atoms with van der Waals surface area (Å²) in [6, 6.07) is 6.74. The first kappa shape index (κ1) is 19.6. The molecule has 0 aliphatic carbocycles. The monoisotopic (exact) mass is 389 g/mol. The molecule has 1 saturated heterocycles. The third kappa shape index (κ3) is 5.66. The lowest BCUT2D eigenvalue weighted by molar-refractivity contribution is 0.372. The number of unbranched alkanes of at least 4 members (excludes halogenated alkanes) is 1. The molecule has 2 aromatic rings. The Morgan fingerprint density at radius 2 is 1.93 bits per heavy atom. The van der Waals surface area contributed by atoms with E-state index in [0.29, 0.717) is 0 Å². The topological polar surface area (TPSA) is 43.8 Å². The van der Waals surface area contributed by atoms with Crippen molar-refractivity contribution in [3.05, 3.63) is 46.2 Å². The van der Waals surface area contributed by atoms with Crippen molar-refractivity contribution < 1.29 is 4.39 Å². The van der Waals surface area contributed by atoms with Crippen molar-refractivity contribution in [2.75, 3.05) is 44.7 Å². The molecular formula is C20H28FN5S. The average molecular weight is 390 g/mol. The molecule has 1 N–H and O–H groups in total. The molecule has 27 heavy (non-hydrogen) atoms. The molecule has 1 aliphatic rings. The summed E-state index contributed by atoms with van der Waals surface area (Å²) in [6.07, 6.45) is 3.29. The fourth-order valence-electron chi connectivity index (χ4n) is 3.28. The van der Waals surface area contributed by atoms with Crippen LogP contribution >= 0.6 is 11.3 Å². The minimum Gasteiger partial charge on any atom is -0.368 e. The molecule has 2 heterocycles. The summed E-state index contributed by atoms with van der Waals surface area (Å²) in [6.45, 7) is 6.62. The number of thiazole rings is 1. The minimum atomic E-state index is -0.188. The number of nitrogens with one attached hydrogen (secondary N) is 1. The molecule has 3 rings (SSSR count). The van der Waals surface area contributed by atoms with E-state index < -0.39 is 0 Å². The van der Waals surface area contributed by atoms with Gasteiger partial charge in [-0.15, -0.1) is 11.3 Å². The fraction of sp³-hybridized carbons (Fsp3) is 0.500. The molecule has 0 radical (unpaired) electrons. The molecule has 1 fully saturated rings. The van der Waals surface area contributed by atoms with Crippen molar-refractivity contribution in [2.45, 2.75) is 26.2 Å². The Kier molecular flexibility index (Phi) is 7.04. The summed E-state index contributed by atoms with van der Waals surface area (Å²) >= 11 is 1.75. The van der Waals surface area contributed by atoms with E-state index >= 15 is 0 Å². The van der Waals surface area contributed by atoms with E-state index in [0.717, 1.165) is 69.3 Å². The average Bonchev–Trinajstić information content (AvgIpc) is 3.11. The molecule has 1 aromatic carbocycles. The van der Waals surface area contributed by atoms with Crippen LogP contribution in [0.3, 0.4) is 0 Å². The Morgan fingerprint density at radius 1 is 1.19 bits per heavy atom. The molecule has 1 aliphatic heterocycles. The summed E-state index contributed by atoms with van der Waals surface area (Å²) < 4.78 is 13.1. The maximum absolute atomic E-state index is 13.1. The van der Waals surface area contributed by atoms with Crippen molar-refractivity contribution in [3.63, 3.8) is 0 Å². The van der Waals surface area contributed by atoms with Gasteiger partial charge in [-0.3, -0.25) is 4.99 Å². The van der Waals surface area contributed by atoms with Crippen LogP contribution in [0.25, 0.3) is 0 Å². The summed E-state index contributed by atoms with van der Waals surface area (Å²) in [7, 11) is 1.84. The first-order valence-corrected chi connectivity index (χ1v) is 10.4. The summed E-state index contributed by atoms with van der Waals surface area (Å²) in [5.74, 6) is 0.783. The van der Waals surface area contributed by atoms with Crippen molar-refractivity contribution in [2.24, 2.45) is 4.99 Å². The number of aliphatic imine (C=N–C) groups is 1. The van der Waals surface area contributed by atoms with Crippen molar-refractivity contribution >= 4 is 23.0 Å². The van der Waals surface area contributed by atoms with Crippen LogP contribution in [-0.4, -0.2) is 55.6 Å². The van der Waals surface area contributed by atoms with Gasteiger partial charge in [0.15, 0.2) is 5.96 Å². The van der Waals surface area contributed by atoms with Gasteiger partial charge in [-0.25, -0.2) is 9.37 Å². The maximum Gasteiger partial charge on any atom is 0.193 e. The number of aromatic nitrogens is 1. The highest BCUT2D eigenvalue weighted by atomic mass is 32.1. The van der Waals surface area contributed by atoms with Crippen molar-refractivity contribution in [1.82, 2.24) is 15.2 Å². The number of aryl methyl sites for hydroxylation is 2. The van der Waals surface area contributed by atoms with Crippen LogP contribution < -0.4 is 10.2 Å². The highest BCUT2D eigenvalue weighted by molar-refractivity contribution is 7.09. The molecule has 0 spiro atoms. The molecule has 146 valence electrons. The van der Waals surface area contributed by atoms with Crippen LogP contribution in [-0.2, 0) is 6.42 Å². The molecule has 0 bridgehead atoms.